The fourth-order valence-corrected chi connectivity index (χ4v) is 4.98. The van der Waals surface area contributed by atoms with Crippen LogP contribution in [0, 0.1) is 0 Å². The van der Waals surface area contributed by atoms with Gasteiger partial charge in [-0.1, -0.05) is 24.6 Å². The number of aliphatic hydroxyl groups is 1. The van der Waals surface area contributed by atoms with E-state index in [0.29, 0.717) is 17.0 Å². The molecule has 31 heavy (non-hydrogen) atoms. The van der Waals surface area contributed by atoms with Crippen molar-refractivity contribution in [3.05, 3.63) is 43.0 Å². The summed E-state index contributed by atoms with van der Waals surface area (Å²) in [4.78, 5) is 13.4. The highest BCUT2D eigenvalue weighted by Gasteiger charge is 2.58. The van der Waals surface area contributed by atoms with Crippen molar-refractivity contribution in [2.75, 3.05) is 11.9 Å². The van der Waals surface area contributed by atoms with Crippen LogP contribution in [-0.2, 0) is 14.2 Å². The summed E-state index contributed by atoms with van der Waals surface area (Å²) in [5.74, 6) is 0.0598. The van der Waals surface area contributed by atoms with Gasteiger partial charge in [-0.2, -0.15) is 0 Å². The molecule has 1 spiro atoms. The number of fused-ring (bicyclic) bond motifs is 2. The van der Waals surface area contributed by atoms with Crippen LogP contribution in [0.25, 0.3) is 11.2 Å². The molecule has 2 N–H and O–H groups in total. The summed E-state index contributed by atoms with van der Waals surface area (Å²) >= 11 is 0. The van der Waals surface area contributed by atoms with Crippen LogP contribution in [0.4, 0.5) is 11.5 Å². The Morgan fingerprint density at radius 3 is 2.65 bits per heavy atom. The Balaban J connectivity index is 1.34. The van der Waals surface area contributed by atoms with Crippen molar-refractivity contribution in [3.8, 4) is 0 Å². The zero-order valence-corrected chi connectivity index (χ0v) is 17.1. The van der Waals surface area contributed by atoms with Crippen LogP contribution in [-0.4, -0.2) is 55.3 Å². The fraction of sp³-hybridized carbons (Fsp3) is 0.500. The van der Waals surface area contributed by atoms with Gasteiger partial charge < -0.3 is 24.6 Å². The average Bonchev–Trinajstić information content (AvgIpc) is 3.47. The van der Waals surface area contributed by atoms with Crippen LogP contribution in [0.1, 0.15) is 38.3 Å². The summed E-state index contributed by atoms with van der Waals surface area (Å²) in [6.45, 7) is -0.125. The lowest BCUT2D eigenvalue weighted by molar-refractivity contribution is -0.232. The van der Waals surface area contributed by atoms with E-state index in [0.717, 1.165) is 31.4 Å². The van der Waals surface area contributed by atoms with Gasteiger partial charge in [0.1, 0.15) is 24.6 Å². The predicted molar refractivity (Wildman–Crippen MR) is 112 cm³/mol. The van der Waals surface area contributed by atoms with Gasteiger partial charge in [-0.3, -0.25) is 4.57 Å². The number of rotatable bonds is 4. The van der Waals surface area contributed by atoms with E-state index in [4.69, 9.17) is 14.2 Å². The molecule has 2 aromatic heterocycles. The molecular formula is C22H25N5O4. The topological polar surface area (TPSA) is 104 Å². The first kappa shape index (κ1) is 19.1. The predicted octanol–water partition coefficient (Wildman–Crippen LogP) is 2.90. The number of para-hydroxylation sites is 1. The molecule has 0 bridgehead atoms. The summed E-state index contributed by atoms with van der Waals surface area (Å²) in [6.07, 6.45) is 6.78. The molecule has 1 aliphatic carbocycles. The number of aliphatic hydroxyl groups excluding tert-OH is 1. The third kappa shape index (κ3) is 3.20. The Kier molecular flexibility index (Phi) is 4.64. The van der Waals surface area contributed by atoms with Crippen molar-refractivity contribution in [2.45, 2.75) is 62.4 Å². The smallest absolute Gasteiger partial charge is 0.169 e. The molecule has 4 atom stereocenters. The standard InChI is InChI=1S/C22H25N5O4/c28-11-15-17-18(31-22(30-17)9-5-2-6-10-22)21(29-15)27-13-25-16-19(23-12-24-20(16)27)26-14-7-3-1-4-8-14/h1,3-4,7-8,12-13,15,17-18,21,28H,2,5-6,9-11H2,(H,23,24,26)/t15-,17?,18?,21-/m1/s1. The Morgan fingerprint density at radius 1 is 1.03 bits per heavy atom. The van der Waals surface area contributed by atoms with Crippen molar-refractivity contribution < 1.29 is 19.3 Å². The number of hydrogen-bond acceptors (Lipinski definition) is 8. The van der Waals surface area contributed by atoms with Gasteiger partial charge in [0.05, 0.1) is 12.9 Å². The van der Waals surface area contributed by atoms with Gasteiger partial charge in [0, 0.05) is 18.5 Å². The second-order valence-corrected chi connectivity index (χ2v) is 8.42. The Morgan fingerprint density at radius 2 is 1.84 bits per heavy atom. The van der Waals surface area contributed by atoms with E-state index < -0.39 is 18.1 Å². The summed E-state index contributed by atoms with van der Waals surface area (Å²) < 4.78 is 20.9. The van der Waals surface area contributed by atoms with Gasteiger partial charge in [-0.15, -0.1) is 0 Å². The van der Waals surface area contributed by atoms with E-state index >= 15 is 0 Å². The minimum atomic E-state index is -0.561. The molecule has 3 aliphatic rings. The molecule has 2 unspecified atom stereocenters. The highest BCUT2D eigenvalue weighted by Crippen LogP contribution is 2.48. The van der Waals surface area contributed by atoms with Crippen molar-refractivity contribution in [2.24, 2.45) is 0 Å². The van der Waals surface area contributed by atoms with Gasteiger partial charge >= 0.3 is 0 Å². The van der Waals surface area contributed by atoms with Crippen LogP contribution < -0.4 is 5.32 Å². The third-order valence-corrected chi connectivity index (χ3v) is 6.45. The van der Waals surface area contributed by atoms with Crippen molar-refractivity contribution in [1.29, 1.82) is 0 Å². The molecule has 9 nitrogen and oxygen atoms in total. The number of nitrogens with zero attached hydrogens (tertiary/aromatic N) is 4. The quantitative estimate of drug-likeness (QED) is 0.660. The molecule has 162 valence electrons. The van der Waals surface area contributed by atoms with Gasteiger partial charge in [-0.25, -0.2) is 15.0 Å². The lowest BCUT2D eigenvalue weighted by Crippen LogP contribution is -2.37. The van der Waals surface area contributed by atoms with E-state index in [9.17, 15) is 5.11 Å². The monoisotopic (exact) mass is 423 g/mol. The first-order valence-electron chi connectivity index (χ1n) is 10.9. The highest BCUT2D eigenvalue weighted by molar-refractivity contribution is 5.85. The van der Waals surface area contributed by atoms with E-state index in [1.54, 1.807) is 6.33 Å². The van der Waals surface area contributed by atoms with Gasteiger partial charge in [0.2, 0.25) is 0 Å². The van der Waals surface area contributed by atoms with Crippen LogP contribution >= 0.6 is 0 Å². The lowest BCUT2D eigenvalue weighted by Gasteiger charge is -2.34. The molecule has 2 saturated heterocycles. The SMILES string of the molecule is OC[C@H]1O[C@@H](n2cnc3c(Nc4ccccc4)ncnc32)C2OC3(CCCCC3)OC21. The maximum absolute atomic E-state index is 9.92. The minimum Gasteiger partial charge on any atom is -0.394 e. The largest absolute Gasteiger partial charge is 0.394 e. The van der Waals surface area contributed by atoms with Gasteiger partial charge in [0.25, 0.3) is 0 Å². The summed E-state index contributed by atoms with van der Waals surface area (Å²) in [5, 5.41) is 13.2. The number of imidazole rings is 1. The molecule has 0 radical (unpaired) electrons. The Hall–Kier alpha value is -2.59. The fourth-order valence-electron chi connectivity index (χ4n) is 4.98. The first-order valence-corrected chi connectivity index (χ1v) is 10.9. The number of nitrogens with one attached hydrogen (secondary N) is 1. The van der Waals surface area contributed by atoms with Crippen LogP contribution in [0.2, 0.25) is 0 Å². The second kappa shape index (κ2) is 7.52. The van der Waals surface area contributed by atoms with E-state index in [-0.39, 0.29) is 18.8 Å². The molecule has 4 heterocycles. The van der Waals surface area contributed by atoms with E-state index in [1.807, 2.05) is 34.9 Å². The zero-order chi connectivity index (χ0) is 20.8. The maximum Gasteiger partial charge on any atom is 0.169 e. The summed E-state index contributed by atoms with van der Waals surface area (Å²) in [6, 6.07) is 9.81. The van der Waals surface area contributed by atoms with Crippen LogP contribution in [0.15, 0.2) is 43.0 Å². The van der Waals surface area contributed by atoms with Crippen molar-refractivity contribution >= 4 is 22.7 Å². The molecule has 9 heteroatoms. The molecule has 3 aromatic rings. The van der Waals surface area contributed by atoms with Gasteiger partial charge in [-0.05, 0) is 25.0 Å². The van der Waals surface area contributed by atoms with E-state index in [1.165, 1.54) is 12.7 Å². The summed E-state index contributed by atoms with van der Waals surface area (Å²) in [5.41, 5.74) is 2.20. The van der Waals surface area contributed by atoms with Crippen LogP contribution in [0.3, 0.4) is 0 Å². The summed E-state index contributed by atoms with van der Waals surface area (Å²) in [7, 11) is 0. The molecule has 1 aromatic carbocycles. The van der Waals surface area contributed by atoms with Crippen molar-refractivity contribution in [3.63, 3.8) is 0 Å². The van der Waals surface area contributed by atoms with E-state index in [2.05, 4.69) is 20.3 Å². The number of anilines is 2. The molecule has 2 aliphatic heterocycles. The highest BCUT2D eigenvalue weighted by atomic mass is 16.8. The molecule has 0 amide bonds. The molecule has 6 rings (SSSR count). The average molecular weight is 423 g/mol. The molecular weight excluding hydrogens is 398 g/mol. The molecule has 3 fully saturated rings. The number of benzene rings is 1. The number of ether oxygens (including phenoxy) is 3. The zero-order valence-electron chi connectivity index (χ0n) is 17.1. The van der Waals surface area contributed by atoms with Gasteiger partial charge in [0.15, 0.2) is 29.0 Å². The number of aromatic nitrogens is 4. The second-order valence-electron chi connectivity index (χ2n) is 8.42. The van der Waals surface area contributed by atoms with Crippen LogP contribution in [0.5, 0.6) is 0 Å². The maximum atomic E-state index is 9.92. The number of hydrogen-bond donors (Lipinski definition) is 2. The Labute approximate surface area is 179 Å². The lowest BCUT2D eigenvalue weighted by atomic mass is 9.94. The van der Waals surface area contributed by atoms with Crippen molar-refractivity contribution in [1.82, 2.24) is 19.5 Å². The Bertz CT molecular complexity index is 1070. The third-order valence-electron chi connectivity index (χ3n) is 6.45. The first-order chi connectivity index (χ1) is 15.3. The molecule has 1 saturated carbocycles. The minimum absolute atomic E-state index is 0.125. The normalized spacial score (nSPS) is 29.5.